The molecule has 2 rings (SSSR count). The second-order valence-electron chi connectivity index (χ2n) is 4.30. The van der Waals surface area contributed by atoms with Crippen LogP contribution in [-0.4, -0.2) is 18.7 Å². The average molecular weight is 268 g/mol. The predicted molar refractivity (Wildman–Crippen MR) is 75.3 cm³/mol. The smallest absolute Gasteiger partial charge is 0.147 e. The molecular weight excluding hydrogens is 252 g/mol. The summed E-state index contributed by atoms with van der Waals surface area (Å²) < 4.78 is 10.7. The summed E-state index contributed by atoms with van der Waals surface area (Å²) >= 11 is 0. The van der Waals surface area contributed by atoms with Crippen LogP contribution in [0.1, 0.15) is 16.8 Å². The molecule has 0 saturated carbocycles. The van der Waals surface area contributed by atoms with Crippen molar-refractivity contribution in [3.05, 3.63) is 59.4 Å². The van der Waals surface area contributed by atoms with E-state index in [1.807, 2.05) is 30.3 Å². The van der Waals surface area contributed by atoms with Crippen LogP contribution in [0.3, 0.4) is 0 Å². The molecule has 20 heavy (non-hydrogen) atoms. The average Bonchev–Trinajstić information content (AvgIpc) is 2.52. The number of nitriles is 1. The minimum atomic E-state index is 0.341. The number of hydrogen-bond acceptors (Lipinski definition) is 4. The standard InChI is InChI=1S/C16H16N2O2/c1-19-10-8-13-4-6-15(7-5-13)20-12-14-3-2-9-18-16(14)11-17/h2-7,9H,8,10,12H2,1H3. The Morgan fingerprint density at radius 3 is 2.70 bits per heavy atom. The molecule has 0 saturated heterocycles. The number of methoxy groups -OCH3 is 1. The molecule has 1 aromatic heterocycles. The summed E-state index contributed by atoms with van der Waals surface area (Å²) in [5.41, 5.74) is 2.40. The van der Waals surface area contributed by atoms with E-state index in [0.29, 0.717) is 18.9 Å². The zero-order chi connectivity index (χ0) is 14.2. The van der Waals surface area contributed by atoms with E-state index in [4.69, 9.17) is 14.7 Å². The predicted octanol–water partition coefficient (Wildman–Crippen LogP) is 2.72. The summed E-state index contributed by atoms with van der Waals surface area (Å²) in [7, 11) is 1.69. The normalized spacial score (nSPS) is 10.0. The molecule has 0 unspecified atom stereocenters. The van der Waals surface area contributed by atoms with Crippen LogP contribution in [0.15, 0.2) is 42.6 Å². The molecule has 0 atom stereocenters. The number of pyridine rings is 1. The summed E-state index contributed by atoms with van der Waals surface area (Å²) in [6.45, 7) is 1.05. The Kier molecular flexibility index (Phi) is 5.10. The first-order valence-corrected chi connectivity index (χ1v) is 6.38. The lowest BCUT2D eigenvalue weighted by Gasteiger charge is -2.08. The maximum absolute atomic E-state index is 8.95. The first-order chi connectivity index (χ1) is 9.83. The molecule has 102 valence electrons. The quantitative estimate of drug-likeness (QED) is 0.808. The van der Waals surface area contributed by atoms with Gasteiger partial charge in [0.2, 0.25) is 0 Å². The highest BCUT2D eigenvalue weighted by atomic mass is 16.5. The Balaban J connectivity index is 1.95. The fourth-order valence-corrected chi connectivity index (χ4v) is 1.79. The lowest BCUT2D eigenvalue weighted by molar-refractivity contribution is 0.202. The maximum Gasteiger partial charge on any atom is 0.147 e. The van der Waals surface area contributed by atoms with E-state index in [2.05, 4.69) is 11.1 Å². The van der Waals surface area contributed by atoms with Crippen molar-refractivity contribution >= 4 is 0 Å². The molecule has 0 bridgehead atoms. The second-order valence-corrected chi connectivity index (χ2v) is 4.30. The first kappa shape index (κ1) is 14.0. The molecule has 0 aliphatic heterocycles. The van der Waals surface area contributed by atoms with Gasteiger partial charge in [0.05, 0.1) is 6.61 Å². The molecule has 4 heteroatoms. The van der Waals surface area contributed by atoms with Crippen LogP contribution in [0.5, 0.6) is 5.75 Å². The summed E-state index contributed by atoms with van der Waals surface area (Å²) in [6, 6.07) is 13.6. The van der Waals surface area contributed by atoms with Gasteiger partial charge in [0.25, 0.3) is 0 Å². The molecule has 1 aromatic carbocycles. The van der Waals surface area contributed by atoms with E-state index >= 15 is 0 Å². The van der Waals surface area contributed by atoms with Crippen molar-refractivity contribution in [2.75, 3.05) is 13.7 Å². The molecule has 0 spiro atoms. The lowest BCUT2D eigenvalue weighted by Crippen LogP contribution is -2.00. The zero-order valence-corrected chi connectivity index (χ0v) is 11.4. The Bertz CT molecular complexity index is 588. The molecule has 0 amide bonds. The highest BCUT2D eigenvalue weighted by Gasteiger charge is 2.03. The van der Waals surface area contributed by atoms with Crippen LogP contribution >= 0.6 is 0 Å². The molecule has 4 nitrogen and oxygen atoms in total. The van der Waals surface area contributed by atoms with Crippen LogP contribution in [0, 0.1) is 11.3 Å². The molecule has 0 fully saturated rings. The molecule has 2 aromatic rings. The summed E-state index contributed by atoms with van der Waals surface area (Å²) in [5, 5.41) is 8.95. The Morgan fingerprint density at radius 2 is 2.00 bits per heavy atom. The fraction of sp³-hybridized carbons (Fsp3) is 0.250. The summed E-state index contributed by atoms with van der Waals surface area (Å²) in [4.78, 5) is 4.00. The van der Waals surface area contributed by atoms with Crippen LogP contribution in [-0.2, 0) is 17.8 Å². The molecule has 1 heterocycles. The van der Waals surface area contributed by atoms with Gasteiger partial charge in [0, 0.05) is 18.9 Å². The highest BCUT2D eigenvalue weighted by molar-refractivity contribution is 5.31. The SMILES string of the molecule is COCCc1ccc(OCc2cccnc2C#N)cc1. The molecule has 0 radical (unpaired) electrons. The van der Waals surface area contributed by atoms with Gasteiger partial charge in [0.15, 0.2) is 0 Å². The van der Waals surface area contributed by atoms with Gasteiger partial charge in [-0.2, -0.15) is 5.26 Å². The minimum absolute atomic E-state index is 0.341. The number of ether oxygens (including phenoxy) is 2. The number of nitrogens with zero attached hydrogens (tertiary/aromatic N) is 2. The van der Waals surface area contributed by atoms with Gasteiger partial charge < -0.3 is 9.47 Å². The molecule has 0 N–H and O–H groups in total. The van der Waals surface area contributed by atoms with E-state index in [1.54, 1.807) is 19.4 Å². The number of hydrogen-bond donors (Lipinski definition) is 0. The zero-order valence-electron chi connectivity index (χ0n) is 11.4. The second kappa shape index (κ2) is 7.27. The van der Waals surface area contributed by atoms with Gasteiger partial charge in [-0.05, 0) is 30.2 Å². The third-order valence-corrected chi connectivity index (χ3v) is 2.91. The number of rotatable bonds is 6. The van der Waals surface area contributed by atoms with Gasteiger partial charge in [-0.25, -0.2) is 4.98 Å². The van der Waals surface area contributed by atoms with Gasteiger partial charge in [0.1, 0.15) is 24.1 Å². The Hall–Kier alpha value is -2.38. The summed E-state index contributed by atoms with van der Waals surface area (Å²) in [5.74, 6) is 0.777. The maximum atomic E-state index is 8.95. The number of benzene rings is 1. The van der Waals surface area contributed by atoms with Gasteiger partial charge in [-0.3, -0.25) is 0 Å². The van der Waals surface area contributed by atoms with Crippen molar-refractivity contribution in [2.45, 2.75) is 13.0 Å². The lowest BCUT2D eigenvalue weighted by atomic mass is 10.1. The van der Waals surface area contributed by atoms with Crippen LogP contribution < -0.4 is 4.74 Å². The largest absolute Gasteiger partial charge is 0.489 e. The topological polar surface area (TPSA) is 55.1 Å². The van der Waals surface area contributed by atoms with Crippen molar-refractivity contribution in [3.8, 4) is 11.8 Å². The van der Waals surface area contributed by atoms with E-state index in [-0.39, 0.29) is 0 Å². The van der Waals surface area contributed by atoms with Crippen molar-refractivity contribution in [2.24, 2.45) is 0 Å². The van der Waals surface area contributed by atoms with Crippen molar-refractivity contribution in [1.82, 2.24) is 4.98 Å². The van der Waals surface area contributed by atoms with Crippen LogP contribution in [0.4, 0.5) is 0 Å². The van der Waals surface area contributed by atoms with Gasteiger partial charge in [-0.1, -0.05) is 18.2 Å². The molecular formula is C16H16N2O2. The fourth-order valence-electron chi connectivity index (χ4n) is 1.79. The minimum Gasteiger partial charge on any atom is -0.489 e. The molecule has 0 aliphatic rings. The van der Waals surface area contributed by atoms with Crippen molar-refractivity contribution in [1.29, 1.82) is 5.26 Å². The van der Waals surface area contributed by atoms with Crippen molar-refractivity contribution < 1.29 is 9.47 Å². The Morgan fingerprint density at radius 1 is 1.20 bits per heavy atom. The highest BCUT2D eigenvalue weighted by Crippen LogP contribution is 2.15. The number of aromatic nitrogens is 1. The Labute approximate surface area is 118 Å². The van der Waals surface area contributed by atoms with Crippen LogP contribution in [0.2, 0.25) is 0 Å². The van der Waals surface area contributed by atoms with Gasteiger partial charge >= 0.3 is 0 Å². The molecule has 0 aliphatic carbocycles. The first-order valence-electron chi connectivity index (χ1n) is 6.38. The van der Waals surface area contributed by atoms with Gasteiger partial charge in [-0.15, -0.1) is 0 Å². The third kappa shape index (κ3) is 3.81. The van der Waals surface area contributed by atoms with E-state index in [0.717, 1.165) is 17.7 Å². The summed E-state index contributed by atoms with van der Waals surface area (Å²) in [6.07, 6.45) is 2.49. The van der Waals surface area contributed by atoms with E-state index < -0.39 is 0 Å². The van der Waals surface area contributed by atoms with E-state index in [9.17, 15) is 0 Å². The van der Waals surface area contributed by atoms with Crippen molar-refractivity contribution in [3.63, 3.8) is 0 Å². The monoisotopic (exact) mass is 268 g/mol. The van der Waals surface area contributed by atoms with Crippen LogP contribution in [0.25, 0.3) is 0 Å². The third-order valence-electron chi connectivity index (χ3n) is 2.91. The van der Waals surface area contributed by atoms with E-state index in [1.165, 1.54) is 5.56 Å².